The number of hydrogen-bond donors (Lipinski definition) is 2. The van der Waals surface area contributed by atoms with Crippen molar-refractivity contribution in [2.75, 3.05) is 19.6 Å². The Kier molecular flexibility index (Phi) is 6.46. The monoisotopic (exact) mass is 283 g/mol. The second kappa shape index (κ2) is 7.41. The minimum atomic E-state index is -0.580. The molecule has 1 amide bonds. The topological polar surface area (TPSA) is 58.4 Å². The predicted molar refractivity (Wildman–Crippen MR) is 84.5 cm³/mol. The molecule has 118 valence electrons. The Labute approximate surface area is 124 Å². The van der Waals surface area contributed by atoms with E-state index >= 15 is 0 Å². The molecule has 0 spiro atoms. The molecule has 1 fully saturated rings. The highest BCUT2D eigenvalue weighted by Crippen LogP contribution is 2.23. The number of amides is 1. The summed E-state index contributed by atoms with van der Waals surface area (Å²) in [7, 11) is 0. The Hall–Kier alpha value is -0.610. The van der Waals surface area contributed by atoms with Crippen LogP contribution in [0.1, 0.15) is 53.9 Å². The second-order valence-corrected chi connectivity index (χ2v) is 7.14. The van der Waals surface area contributed by atoms with Crippen LogP contribution in [0.25, 0.3) is 0 Å². The van der Waals surface area contributed by atoms with Gasteiger partial charge in [0.1, 0.15) is 0 Å². The summed E-state index contributed by atoms with van der Waals surface area (Å²) in [5.41, 5.74) is 4.98. The molecule has 4 heteroatoms. The average Bonchev–Trinajstić information content (AvgIpc) is 2.32. The van der Waals surface area contributed by atoms with Gasteiger partial charge in [0.25, 0.3) is 0 Å². The molecule has 0 aromatic heterocycles. The van der Waals surface area contributed by atoms with Crippen LogP contribution in [0.15, 0.2) is 0 Å². The van der Waals surface area contributed by atoms with Gasteiger partial charge in [-0.05, 0) is 65.0 Å². The average molecular weight is 283 g/mol. The van der Waals surface area contributed by atoms with Crippen molar-refractivity contribution in [3.8, 4) is 0 Å². The second-order valence-electron chi connectivity index (χ2n) is 7.14. The summed E-state index contributed by atoms with van der Waals surface area (Å²) in [6, 6.07) is 0.267. The summed E-state index contributed by atoms with van der Waals surface area (Å²) in [5.74, 6) is 1.37. The fourth-order valence-corrected chi connectivity index (χ4v) is 3.11. The number of piperidine rings is 1. The van der Waals surface area contributed by atoms with Gasteiger partial charge in [0.05, 0.1) is 5.54 Å². The van der Waals surface area contributed by atoms with Gasteiger partial charge in [-0.15, -0.1) is 0 Å². The van der Waals surface area contributed by atoms with Crippen molar-refractivity contribution < 1.29 is 4.79 Å². The van der Waals surface area contributed by atoms with Gasteiger partial charge in [-0.3, -0.25) is 4.79 Å². The molecule has 3 unspecified atom stereocenters. The van der Waals surface area contributed by atoms with E-state index in [9.17, 15) is 4.79 Å². The number of likely N-dealkylation sites (tertiary alicyclic amines) is 1. The Balaban J connectivity index is 2.39. The standard InChI is InChI=1S/C16H33N3O/c1-12(2)18-16(5,15(17)20)8-6-9-19-10-7-13(3)14(4)11-19/h12-14,18H,6-11H2,1-5H3,(H2,17,20). The number of rotatable bonds is 7. The van der Waals surface area contributed by atoms with E-state index in [1.54, 1.807) is 0 Å². The molecule has 1 rings (SSSR count). The Morgan fingerprint density at radius 1 is 1.40 bits per heavy atom. The van der Waals surface area contributed by atoms with Gasteiger partial charge in [-0.25, -0.2) is 0 Å². The van der Waals surface area contributed by atoms with Crippen LogP contribution in [0.5, 0.6) is 0 Å². The predicted octanol–water partition coefficient (Wildman–Crippen LogP) is 1.99. The third-order valence-corrected chi connectivity index (χ3v) is 4.72. The normalized spacial score (nSPS) is 27.5. The lowest BCUT2D eigenvalue weighted by Gasteiger charge is -2.36. The van der Waals surface area contributed by atoms with Crippen molar-refractivity contribution >= 4 is 5.91 Å². The minimum Gasteiger partial charge on any atom is -0.368 e. The molecule has 1 heterocycles. The van der Waals surface area contributed by atoms with E-state index in [1.807, 2.05) is 6.92 Å². The van der Waals surface area contributed by atoms with Crippen LogP contribution in [0.4, 0.5) is 0 Å². The smallest absolute Gasteiger partial charge is 0.237 e. The number of hydrogen-bond acceptors (Lipinski definition) is 3. The van der Waals surface area contributed by atoms with Gasteiger partial charge in [0, 0.05) is 12.6 Å². The number of nitrogens with zero attached hydrogens (tertiary/aromatic N) is 1. The van der Waals surface area contributed by atoms with Crippen molar-refractivity contribution in [2.24, 2.45) is 17.6 Å². The summed E-state index contributed by atoms with van der Waals surface area (Å²) in [4.78, 5) is 14.2. The van der Waals surface area contributed by atoms with Crippen LogP contribution >= 0.6 is 0 Å². The van der Waals surface area contributed by atoms with E-state index in [-0.39, 0.29) is 11.9 Å². The first-order chi connectivity index (χ1) is 9.24. The number of carbonyl (C=O) groups excluding carboxylic acids is 1. The highest BCUT2D eigenvalue weighted by Gasteiger charge is 2.31. The maximum Gasteiger partial charge on any atom is 0.237 e. The molecule has 0 aromatic rings. The number of nitrogens with one attached hydrogen (secondary N) is 1. The summed E-state index contributed by atoms with van der Waals surface area (Å²) in [6.07, 6.45) is 3.11. The zero-order valence-corrected chi connectivity index (χ0v) is 13.9. The summed E-state index contributed by atoms with van der Waals surface area (Å²) < 4.78 is 0. The van der Waals surface area contributed by atoms with Crippen LogP contribution in [-0.2, 0) is 4.79 Å². The fraction of sp³-hybridized carbons (Fsp3) is 0.938. The van der Waals surface area contributed by atoms with Gasteiger partial charge < -0.3 is 16.0 Å². The number of carbonyl (C=O) groups is 1. The zero-order chi connectivity index (χ0) is 15.3. The molecular weight excluding hydrogens is 250 g/mol. The molecule has 0 aliphatic carbocycles. The summed E-state index contributed by atoms with van der Waals surface area (Å²) >= 11 is 0. The Bertz CT molecular complexity index is 319. The number of primary amides is 1. The fourth-order valence-electron chi connectivity index (χ4n) is 3.11. The summed E-state index contributed by atoms with van der Waals surface area (Å²) in [6.45, 7) is 14.2. The molecule has 20 heavy (non-hydrogen) atoms. The zero-order valence-electron chi connectivity index (χ0n) is 13.9. The van der Waals surface area contributed by atoms with E-state index in [0.29, 0.717) is 0 Å². The van der Waals surface area contributed by atoms with Crippen molar-refractivity contribution in [1.82, 2.24) is 10.2 Å². The van der Waals surface area contributed by atoms with Gasteiger partial charge in [0.15, 0.2) is 0 Å². The third-order valence-electron chi connectivity index (χ3n) is 4.72. The first-order valence-electron chi connectivity index (χ1n) is 8.04. The van der Waals surface area contributed by atoms with Crippen LogP contribution in [0, 0.1) is 11.8 Å². The third kappa shape index (κ3) is 5.06. The lowest BCUT2D eigenvalue weighted by Crippen LogP contribution is -2.55. The highest BCUT2D eigenvalue weighted by atomic mass is 16.1. The van der Waals surface area contributed by atoms with Crippen LogP contribution in [0.2, 0.25) is 0 Å². The van der Waals surface area contributed by atoms with Crippen molar-refractivity contribution in [1.29, 1.82) is 0 Å². The van der Waals surface area contributed by atoms with Gasteiger partial charge in [-0.1, -0.05) is 13.8 Å². The maximum absolute atomic E-state index is 11.7. The van der Waals surface area contributed by atoms with Crippen LogP contribution < -0.4 is 11.1 Å². The molecule has 1 aliphatic rings. The highest BCUT2D eigenvalue weighted by molar-refractivity contribution is 5.84. The Morgan fingerprint density at radius 2 is 2.05 bits per heavy atom. The van der Waals surface area contributed by atoms with E-state index < -0.39 is 5.54 Å². The lowest BCUT2D eigenvalue weighted by molar-refractivity contribution is -0.124. The molecule has 1 aliphatic heterocycles. The van der Waals surface area contributed by atoms with Gasteiger partial charge in [0.2, 0.25) is 5.91 Å². The Morgan fingerprint density at radius 3 is 2.55 bits per heavy atom. The first kappa shape index (κ1) is 17.4. The van der Waals surface area contributed by atoms with Crippen molar-refractivity contribution in [2.45, 2.75) is 65.5 Å². The summed E-state index contributed by atoms with van der Waals surface area (Å²) in [5, 5.41) is 3.32. The van der Waals surface area contributed by atoms with E-state index in [2.05, 4.69) is 37.9 Å². The quantitative estimate of drug-likeness (QED) is 0.751. The van der Waals surface area contributed by atoms with E-state index in [1.165, 1.54) is 19.5 Å². The van der Waals surface area contributed by atoms with Crippen molar-refractivity contribution in [3.05, 3.63) is 0 Å². The SMILES string of the molecule is CC(C)NC(C)(CCCN1CCC(C)C(C)C1)C(N)=O. The molecule has 0 saturated carbocycles. The van der Waals surface area contributed by atoms with Crippen LogP contribution in [-0.4, -0.2) is 42.0 Å². The molecule has 0 aromatic carbocycles. The van der Waals surface area contributed by atoms with Gasteiger partial charge in [-0.2, -0.15) is 0 Å². The minimum absolute atomic E-state index is 0.244. The number of nitrogens with two attached hydrogens (primary N) is 1. The van der Waals surface area contributed by atoms with E-state index in [0.717, 1.165) is 31.2 Å². The lowest BCUT2D eigenvalue weighted by atomic mass is 9.88. The molecule has 0 bridgehead atoms. The van der Waals surface area contributed by atoms with Crippen molar-refractivity contribution in [3.63, 3.8) is 0 Å². The first-order valence-corrected chi connectivity index (χ1v) is 8.04. The van der Waals surface area contributed by atoms with Gasteiger partial charge >= 0.3 is 0 Å². The maximum atomic E-state index is 11.7. The van der Waals surface area contributed by atoms with E-state index in [4.69, 9.17) is 5.73 Å². The molecule has 0 radical (unpaired) electrons. The molecule has 1 saturated heterocycles. The molecule has 4 nitrogen and oxygen atoms in total. The molecule has 3 N–H and O–H groups in total. The van der Waals surface area contributed by atoms with Crippen LogP contribution in [0.3, 0.4) is 0 Å². The molecular formula is C16H33N3O. The largest absolute Gasteiger partial charge is 0.368 e. The molecule has 3 atom stereocenters.